The third-order valence-corrected chi connectivity index (χ3v) is 3.06. The van der Waals surface area contributed by atoms with Crippen LogP contribution in [0.2, 0.25) is 0 Å². The highest BCUT2D eigenvalue weighted by atomic mass is 16.5. The summed E-state index contributed by atoms with van der Waals surface area (Å²) in [4.78, 5) is 0. The van der Waals surface area contributed by atoms with Crippen LogP contribution in [0, 0.1) is 5.92 Å². The fourth-order valence-corrected chi connectivity index (χ4v) is 1.57. The molecule has 1 saturated carbocycles. The van der Waals surface area contributed by atoms with Gasteiger partial charge in [-0.1, -0.05) is 12.8 Å². The Hall–Kier alpha value is -0.120. The molecule has 0 aromatic rings. The van der Waals surface area contributed by atoms with Crippen LogP contribution in [0.5, 0.6) is 0 Å². The minimum atomic E-state index is -0.686. The molecule has 0 radical (unpaired) electrons. The molecule has 0 aromatic heterocycles. The molecule has 0 saturated heterocycles. The van der Waals surface area contributed by atoms with Crippen molar-refractivity contribution in [2.75, 3.05) is 19.8 Å². The summed E-state index contributed by atoms with van der Waals surface area (Å²) in [5, 5.41) is 9.64. The van der Waals surface area contributed by atoms with Crippen LogP contribution in [0.4, 0.5) is 0 Å². The largest absolute Gasteiger partial charge is 0.389 e. The lowest BCUT2D eigenvalue weighted by Gasteiger charge is -2.20. The Labute approximate surface area is 93.0 Å². The maximum atomic E-state index is 9.64. The number of hydrogen-bond donors (Lipinski definition) is 2. The average molecular weight is 215 g/mol. The van der Waals surface area contributed by atoms with Crippen LogP contribution in [-0.4, -0.2) is 30.5 Å². The molecule has 1 atom stereocenters. The predicted octanol–water partition coefficient (Wildman–Crippen LogP) is 1.68. The zero-order valence-corrected chi connectivity index (χ0v) is 9.87. The van der Waals surface area contributed by atoms with E-state index in [9.17, 15) is 5.11 Å². The zero-order chi connectivity index (χ0) is 11.1. The van der Waals surface area contributed by atoms with Crippen molar-refractivity contribution < 1.29 is 9.84 Å². The van der Waals surface area contributed by atoms with E-state index >= 15 is 0 Å². The van der Waals surface area contributed by atoms with Gasteiger partial charge in [-0.05, 0) is 38.5 Å². The van der Waals surface area contributed by atoms with Crippen LogP contribution in [0.3, 0.4) is 0 Å². The van der Waals surface area contributed by atoms with E-state index in [0.717, 1.165) is 38.4 Å². The van der Waals surface area contributed by atoms with E-state index in [-0.39, 0.29) is 0 Å². The first-order chi connectivity index (χ1) is 7.14. The summed E-state index contributed by atoms with van der Waals surface area (Å²) in [6, 6.07) is 0. The fraction of sp³-hybridized carbons (Fsp3) is 1.00. The smallest absolute Gasteiger partial charge is 0.0741 e. The molecular formula is C12H25NO2. The molecule has 1 fully saturated rings. The molecule has 1 aliphatic carbocycles. The quantitative estimate of drug-likeness (QED) is 0.575. The lowest BCUT2D eigenvalue weighted by Crippen LogP contribution is -2.33. The summed E-state index contributed by atoms with van der Waals surface area (Å²) in [5.41, 5.74) is 4.74. The molecule has 1 aliphatic rings. The topological polar surface area (TPSA) is 55.5 Å². The summed E-state index contributed by atoms with van der Waals surface area (Å²) in [5.74, 6) is 0.961. The molecule has 0 heterocycles. The van der Waals surface area contributed by atoms with Crippen molar-refractivity contribution in [2.45, 2.75) is 51.0 Å². The fourth-order valence-electron chi connectivity index (χ4n) is 1.57. The van der Waals surface area contributed by atoms with Crippen molar-refractivity contribution in [1.29, 1.82) is 0 Å². The standard InChI is InChI=1S/C12H25NO2/c1-12(14,10-13)7-2-3-8-15-9-6-11-4-5-11/h11,14H,2-10,13H2,1H3. The van der Waals surface area contributed by atoms with Crippen molar-refractivity contribution in [3.63, 3.8) is 0 Å². The monoisotopic (exact) mass is 215 g/mol. The van der Waals surface area contributed by atoms with Gasteiger partial charge in [0, 0.05) is 19.8 Å². The van der Waals surface area contributed by atoms with Gasteiger partial charge in [-0.15, -0.1) is 0 Å². The summed E-state index contributed by atoms with van der Waals surface area (Å²) < 4.78 is 5.52. The second kappa shape index (κ2) is 6.46. The summed E-state index contributed by atoms with van der Waals surface area (Å²) in [6.07, 6.45) is 6.84. The number of ether oxygens (including phenoxy) is 1. The predicted molar refractivity (Wildman–Crippen MR) is 61.7 cm³/mol. The third kappa shape index (κ3) is 6.88. The van der Waals surface area contributed by atoms with Crippen molar-refractivity contribution in [3.8, 4) is 0 Å². The van der Waals surface area contributed by atoms with E-state index in [2.05, 4.69) is 0 Å². The molecule has 0 aliphatic heterocycles. The number of unbranched alkanes of at least 4 members (excludes halogenated alkanes) is 1. The normalized spacial score (nSPS) is 20.2. The number of rotatable bonds is 9. The molecule has 3 N–H and O–H groups in total. The van der Waals surface area contributed by atoms with Crippen molar-refractivity contribution in [2.24, 2.45) is 11.7 Å². The van der Waals surface area contributed by atoms with E-state index in [1.165, 1.54) is 19.3 Å². The van der Waals surface area contributed by atoms with Crippen LogP contribution >= 0.6 is 0 Å². The van der Waals surface area contributed by atoms with Crippen LogP contribution in [0.15, 0.2) is 0 Å². The van der Waals surface area contributed by atoms with Gasteiger partial charge in [0.2, 0.25) is 0 Å². The second-order valence-electron chi connectivity index (χ2n) is 5.00. The molecule has 1 unspecified atom stereocenters. The number of hydrogen-bond acceptors (Lipinski definition) is 3. The van der Waals surface area contributed by atoms with Crippen molar-refractivity contribution >= 4 is 0 Å². The minimum absolute atomic E-state index is 0.343. The molecule has 0 spiro atoms. The minimum Gasteiger partial charge on any atom is -0.389 e. The van der Waals surface area contributed by atoms with Crippen LogP contribution in [0.25, 0.3) is 0 Å². The van der Waals surface area contributed by atoms with Crippen LogP contribution in [0.1, 0.15) is 45.4 Å². The van der Waals surface area contributed by atoms with Crippen molar-refractivity contribution in [3.05, 3.63) is 0 Å². The van der Waals surface area contributed by atoms with Gasteiger partial charge < -0.3 is 15.6 Å². The zero-order valence-electron chi connectivity index (χ0n) is 9.87. The molecule has 3 heteroatoms. The van der Waals surface area contributed by atoms with E-state index in [4.69, 9.17) is 10.5 Å². The molecule has 1 rings (SSSR count). The first-order valence-corrected chi connectivity index (χ1v) is 6.14. The Morgan fingerprint density at radius 2 is 2.07 bits per heavy atom. The molecule has 0 amide bonds. The number of aliphatic hydroxyl groups is 1. The molecule has 3 nitrogen and oxygen atoms in total. The van der Waals surface area contributed by atoms with Gasteiger partial charge in [0.05, 0.1) is 5.60 Å². The molecule has 15 heavy (non-hydrogen) atoms. The van der Waals surface area contributed by atoms with Gasteiger partial charge in [-0.25, -0.2) is 0 Å². The van der Waals surface area contributed by atoms with Gasteiger partial charge in [0.1, 0.15) is 0 Å². The van der Waals surface area contributed by atoms with Gasteiger partial charge in [0.25, 0.3) is 0 Å². The van der Waals surface area contributed by atoms with Crippen LogP contribution < -0.4 is 5.73 Å². The first-order valence-electron chi connectivity index (χ1n) is 6.14. The van der Waals surface area contributed by atoms with Crippen LogP contribution in [-0.2, 0) is 4.74 Å². The number of nitrogens with two attached hydrogens (primary N) is 1. The first kappa shape index (κ1) is 12.9. The van der Waals surface area contributed by atoms with Gasteiger partial charge in [-0.3, -0.25) is 0 Å². The Kier molecular flexibility index (Phi) is 5.58. The van der Waals surface area contributed by atoms with E-state index < -0.39 is 5.60 Å². The second-order valence-corrected chi connectivity index (χ2v) is 5.00. The lowest BCUT2D eigenvalue weighted by molar-refractivity contribution is 0.0526. The third-order valence-electron chi connectivity index (χ3n) is 3.06. The summed E-state index contributed by atoms with van der Waals surface area (Å²) in [6.45, 7) is 3.88. The average Bonchev–Trinajstić information content (AvgIpc) is 3.00. The summed E-state index contributed by atoms with van der Waals surface area (Å²) >= 11 is 0. The SMILES string of the molecule is CC(O)(CN)CCCCOCCC1CC1. The highest BCUT2D eigenvalue weighted by Crippen LogP contribution is 2.32. The van der Waals surface area contributed by atoms with Gasteiger partial charge in [0.15, 0.2) is 0 Å². The Balaban J connectivity index is 1.79. The molecule has 90 valence electrons. The Bertz CT molecular complexity index is 167. The van der Waals surface area contributed by atoms with E-state index in [0.29, 0.717) is 6.54 Å². The summed E-state index contributed by atoms with van der Waals surface area (Å²) in [7, 11) is 0. The van der Waals surface area contributed by atoms with Crippen molar-refractivity contribution in [1.82, 2.24) is 0 Å². The van der Waals surface area contributed by atoms with Gasteiger partial charge in [-0.2, -0.15) is 0 Å². The Morgan fingerprint density at radius 1 is 1.33 bits per heavy atom. The lowest BCUT2D eigenvalue weighted by atomic mass is 10.00. The van der Waals surface area contributed by atoms with E-state index in [1.54, 1.807) is 6.92 Å². The molecule has 0 aromatic carbocycles. The van der Waals surface area contributed by atoms with Gasteiger partial charge >= 0.3 is 0 Å². The highest BCUT2D eigenvalue weighted by Gasteiger charge is 2.20. The highest BCUT2D eigenvalue weighted by molar-refractivity contribution is 4.73. The Morgan fingerprint density at radius 3 is 2.67 bits per heavy atom. The maximum absolute atomic E-state index is 9.64. The van der Waals surface area contributed by atoms with E-state index in [1.807, 2.05) is 0 Å². The molecule has 0 bridgehead atoms. The molecular weight excluding hydrogens is 190 g/mol. The maximum Gasteiger partial charge on any atom is 0.0741 e.